The molecular formula is C24H31NO3. The standard InChI is InChI=1S/C24H31NO3/c1-2-3-16-28-23-11-7-10-22(17-23)24(26)25-14-12-21(13-15-25)19-27-18-20-8-5-4-6-9-20/h4-11,17,21H,2-3,12-16,18-19H2,1H3. The van der Waals surface area contributed by atoms with Crippen LogP contribution < -0.4 is 4.74 Å². The minimum absolute atomic E-state index is 0.101. The lowest BCUT2D eigenvalue weighted by Gasteiger charge is -2.32. The summed E-state index contributed by atoms with van der Waals surface area (Å²) in [5, 5.41) is 0. The molecular weight excluding hydrogens is 350 g/mol. The van der Waals surface area contributed by atoms with Gasteiger partial charge in [0.25, 0.3) is 5.91 Å². The van der Waals surface area contributed by atoms with Crippen LogP contribution in [-0.2, 0) is 11.3 Å². The lowest BCUT2D eigenvalue weighted by atomic mass is 9.97. The van der Waals surface area contributed by atoms with Gasteiger partial charge in [-0.2, -0.15) is 0 Å². The van der Waals surface area contributed by atoms with Gasteiger partial charge in [0.15, 0.2) is 0 Å². The van der Waals surface area contributed by atoms with Gasteiger partial charge in [-0.1, -0.05) is 49.7 Å². The van der Waals surface area contributed by atoms with Crippen molar-refractivity contribution < 1.29 is 14.3 Å². The maximum atomic E-state index is 12.8. The largest absolute Gasteiger partial charge is 0.494 e. The number of carbonyl (C=O) groups is 1. The zero-order valence-electron chi connectivity index (χ0n) is 16.8. The Hall–Kier alpha value is -2.33. The Kier molecular flexibility index (Phi) is 7.92. The van der Waals surface area contributed by atoms with Crippen LogP contribution in [0, 0.1) is 5.92 Å². The maximum Gasteiger partial charge on any atom is 0.253 e. The number of ether oxygens (including phenoxy) is 2. The highest BCUT2D eigenvalue weighted by Gasteiger charge is 2.24. The molecule has 0 atom stereocenters. The summed E-state index contributed by atoms with van der Waals surface area (Å²) in [4.78, 5) is 14.8. The van der Waals surface area contributed by atoms with Gasteiger partial charge in [0.2, 0.25) is 0 Å². The number of carbonyl (C=O) groups excluding carboxylic acids is 1. The topological polar surface area (TPSA) is 38.8 Å². The van der Waals surface area contributed by atoms with Gasteiger partial charge in [0, 0.05) is 25.3 Å². The van der Waals surface area contributed by atoms with E-state index >= 15 is 0 Å². The lowest BCUT2D eigenvalue weighted by molar-refractivity contribution is 0.0478. The summed E-state index contributed by atoms with van der Waals surface area (Å²) in [5.74, 6) is 1.41. The molecule has 4 heteroatoms. The van der Waals surface area contributed by atoms with E-state index in [-0.39, 0.29) is 5.91 Å². The Morgan fingerprint density at radius 1 is 1.07 bits per heavy atom. The second kappa shape index (κ2) is 10.9. The Bertz CT molecular complexity index is 724. The fourth-order valence-corrected chi connectivity index (χ4v) is 3.46. The molecule has 4 nitrogen and oxygen atoms in total. The third-order valence-corrected chi connectivity index (χ3v) is 5.21. The zero-order valence-corrected chi connectivity index (χ0v) is 16.8. The van der Waals surface area contributed by atoms with E-state index in [0.717, 1.165) is 51.1 Å². The van der Waals surface area contributed by atoms with Gasteiger partial charge in [0.1, 0.15) is 5.75 Å². The molecule has 1 aliphatic heterocycles. The molecule has 0 bridgehead atoms. The van der Waals surface area contributed by atoms with Crippen LogP contribution in [0.3, 0.4) is 0 Å². The van der Waals surface area contributed by atoms with Crippen molar-refractivity contribution in [2.45, 2.75) is 39.2 Å². The Balaban J connectivity index is 1.42. The maximum absolute atomic E-state index is 12.8. The van der Waals surface area contributed by atoms with Gasteiger partial charge in [-0.05, 0) is 48.9 Å². The van der Waals surface area contributed by atoms with E-state index in [9.17, 15) is 4.79 Å². The van der Waals surface area contributed by atoms with Crippen molar-refractivity contribution in [3.63, 3.8) is 0 Å². The highest BCUT2D eigenvalue weighted by atomic mass is 16.5. The number of piperidine rings is 1. The molecule has 0 unspecified atom stereocenters. The van der Waals surface area contributed by atoms with Gasteiger partial charge in [-0.3, -0.25) is 4.79 Å². The molecule has 0 spiro atoms. The number of rotatable bonds is 9. The zero-order chi connectivity index (χ0) is 19.6. The molecule has 1 saturated heterocycles. The number of likely N-dealkylation sites (tertiary alicyclic amines) is 1. The Morgan fingerprint density at radius 3 is 2.61 bits per heavy atom. The van der Waals surface area contributed by atoms with Crippen LogP contribution in [0.25, 0.3) is 0 Å². The number of benzene rings is 2. The molecule has 1 aliphatic rings. The fourth-order valence-electron chi connectivity index (χ4n) is 3.46. The summed E-state index contributed by atoms with van der Waals surface area (Å²) < 4.78 is 11.6. The first-order valence-electron chi connectivity index (χ1n) is 10.4. The summed E-state index contributed by atoms with van der Waals surface area (Å²) >= 11 is 0. The highest BCUT2D eigenvalue weighted by molar-refractivity contribution is 5.94. The third-order valence-electron chi connectivity index (χ3n) is 5.21. The second-order valence-electron chi connectivity index (χ2n) is 7.47. The fraction of sp³-hybridized carbons (Fsp3) is 0.458. The van der Waals surface area contributed by atoms with Crippen LogP contribution in [0.5, 0.6) is 5.75 Å². The van der Waals surface area contributed by atoms with Gasteiger partial charge >= 0.3 is 0 Å². The quantitative estimate of drug-likeness (QED) is 0.578. The van der Waals surface area contributed by atoms with E-state index in [4.69, 9.17) is 9.47 Å². The van der Waals surface area contributed by atoms with Crippen molar-refractivity contribution in [2.75, 3.05) is 26.3 Å². The van der Waals surface area contributed by atoms with Gasteiger partial charge in [-0.15, -0.1) is 0 Å². The van der Waals surface area contributed by atoms with E-state index < -0.39 is 0 Å². The van der Waals surface area contributed by atoms with Crippen LogP contribution in [0.4, 0.5) is 0 Å². The predicted molar refractivity (Wildman–Crippen MR) is 112 cm³/mol. The Morgan fingerprint density at radius 2 is 1.86 bits per heavy atom. The lowest BCUT2D eigenvalue weighted by Crippen LogP contribution is -2.39. The van der Waals surface area contributed by atoms with E-state index in [1.165, 1.54) is 5.56 Å². The van der Waals surface area contributed by atoms with Gasteiger partial charge < -0.3 is 14.4 Å². The smallest absolute Gasteiger partial charge is 0.253 e. The molecule has 0 saturated carbocycles. The van der Waals surface area contributed by atoms with Crippen molar-refractivity contribution in [3.05, 3.63) is 65.7 Å². The molecule has 28 heavy (non-hydrogen) atoms. The van der Waals surface area contributed by atoms with E-state index in [1.807, 2.05) is 47.4 Å². The Labute approximate surface area is 168 Å². The van der Waals surface area contributed by atoms with Crippen LogP contribution in [0.15, 0.2) is 54.6 Å². The molecule has 1 amide bonds. The second-order valence-corrected chi connectivity index (χ2v) is 7.47. The molecule has 0 N–H and O–H groups in total. The molecule has 2 aromatic rings. The highest BCUT2D eigenvalue weighted by Crippen LogP contribution is 2.21. The molecule has 1 heterocycles. The monoisotopic (exact) mass is 381 g/mol. The van der Waals surface area contributed by atoms with Crippen molar-refractivity contribution in [2.24, 2.45) is 5.92 Å². The average Bonchev–Trinajstić information content (AvgIpc) is 2.75. The summed E-state index contributed by atoms with van der Waals surface area (Å²) in [5.41, 5.74) is 1.92. The predicted octanol–water partition coefficient (Wildman–Crippen LogP) is 4.93. The summed E-state index contributed by atoms with van der Waals surface area (Å²) in [6.07, 6.45) is 4.11. The summed E-state index contributed by atoms with van der Waals surface area (Å²) in [7, 11) is 0. The van der Waals surface area contributed by atoms with E-state index in [1.54, 1.807) is 0 Å². The van der Waals surface area contributed by atoms with Crippen molar-refractivity contribution >= 4 is 5.91 Å². The van der Waals surface area contributed by atoms with Crippen molar-refractivity contribution in [3.8, 4) is 5.75 Å². The molecule has 2 aromatic carbocycles. The number of hydrogen-bond donors (Lipinski definition) is 0. The minimum Gasteiger partial charge on any atom is -0.494 e. The van der Waals surface area contributed by atoms with Gasteiger partial charge in [0.05, 0.1) is 13.2 Å². The number of nitrogens with zero attached hydrogens (tertiary/aromatic N) is 1. The first kappa shape index (κ1) is 20.4. The molecule has 3 rings (SSSR count). The average molecular weight is 382 g/mol. The summed E-state index contributed by atoms with van der Waals surface area (Å²) in [6, 6.07) is 17.8. The molecule has 150 valence electrons. The SMILES string of the molecule is CCCCOc1cccc(C(=O)N2CCC(COCc3ccccc3)CC2)c1. The number of hydrogen-bond acceptors (Lipinski definition) is 3. The van der Waals surface area contributed by atoms with Crippen molar-refractivity contribution in [1.82, 2.24) is 4.90 Å². The third kappa shape index (κ3) is 6.10. The van der Waals surface area contributed by atoms with Crippen LogP contribution in [0.1, 0.15) is 48.5 Å². The first-order valence-corrected chi connectivity index (χ1v) is 10.4. The molecule has 0 aromatic heterocycles. The van der Waals surface area contributed by atoms with Crippen LogP contribution in [0.2, 0.25) is 0 Å². The first-order chi connectivity index (χ1) is 13.8. The van der Waals surface area contributed by atoms with E-state index in [0.29, 0.717) is 24.7 Å². The normalized spacial score (nSPS) is 14.8. The number of amides is 1. The number of unbranched alkanes of at least 4 members (excludes halogenated alkanes) is 1. The van der Waals surface area contributed by atoms with E-state index in [2.05, 4.69) is 19.1 Å². The van der Waals surface area contributed by atoms with Crippen LogP contribution >= 0.6 is 0 Å². The van der Waals surface area contributed by atoms with Gasteiger partial charge in [-0.25, -0.2) is 0 Å². The molecule has 0 aliphatic carbocycles. The van der Waals surface area contributed by atoms with Crippen molar-refractivity contribution in [1.29, 1.82) is 0 Å². The summed E-state index contributed by atoms with van der Waals surface area (Å²) in [6.45, 7) is 5.84. The van der Waals surface area contributed by atoms with Crippen LogP contribution in [-0.4, -0.2) is 37.1 Å². The minimum atomic E-state index is 0.101. The molecule has 0 radical (unpaired) electrons. The molecule has 1 fully saturated rings.